The molecule has 0 fully saturated rings. The van der Waals surface area contributed by atoms with Crippen LogP contribution in [0.4, 0.5) is 5.69 Å². The Morgan fingerprint density at radius 3 is 2.17 bits per heavy atom. The van der Waals surface area contributed by atoms with E-state index in [1.165, 1.54) is 0 Å². The molecule has 6 heteroatoms. The van der Waals surface area contributed by atoms with Gasteiger partial charge in [0, 0.05) is 5.56 Å². The number of anilines is 1. The van der Waals surface area contributed by atoms with Crippen LogP contribution < -0.4 is 5.43 Å². The van der Waals surface area contributed by atoms with Crippen LogP contribution in [0.15, 0.2) is 80.2 Å². The van der Waals surface area contributed by atoms with Crippen molar-refractivity contribution in [3.63, 3.8) is 0 Å². The Bertz CT molecular complexity index is 928. The fourth-order valence-electron chi connectivity index (χ4n) is 2.09. The second-order valence-corrected chi connectivity index (χ2v) is 8.00. The third-order valence-electron chi connectivity index (χ3n) is 3.45. The number of nitrogens with one attached hydrogen (secondary N) is 1. The van der Waals surface area contributed by atoms with Crippen LogP contribution in [0, 0.1) is 6.92 Å². The van der Waals surface area contributed by atoms with Gasteiger partial charge in [-0.2, -0.15) is 16.4 Å². The highest BCUT2D eigenvalue weighted by Gasteiger charge is 2.16. The van der Waals surface area contributed by atoms with Gasteiger partial charge in [-0.05, 0) is 60.1 Å². The normalized spacial score (nSPS) is 11.7. The summed E-state index contributed by atoms with van der Waals surface area (Å²) in [4.78, 5) is 0.558. The predicted molar refractivity (Wildman–Crippen MR) is 98.6 cm³/mol. The average Bonchev–Trinajstić information content (AvgIpc) is 3.09. The lowest BCUT2D eigenvalue weighted by Gasteiger charge is -2.06. The molecule has 1 N–H and O–H groups in total. The van der Waals surface area contributed by atoms with E-state index in [9.17, 15) is 8.42 Å². The van der Waals surface area contributed by atoms with Crippen LogP contribution in [0.5, 0.6) is 0 Å². The highest BCUT2D eigenvalue weighted by Crippen LogP contribution is 2.22. The van der Waals surface area contributed by atoms with Gasteiger partial charge < -0.3 is 0 Å². The molecule has 0 unspecified atom stereocenters. The average molecular weight is 356 g/mol. The van der Waals surface area contributed by atoms with Crippen molar-refractivity contribution in [1.82, 2.24) is 0 Å². The molecule has 1 heterocycles. The number of hydrogen-bond donors (Lipinski definition) is 1. The van der Waals surface area contributed by atoms with Crippen LogP contribution in [-0.2, 0) is 9.84 Å². The monoisotopic (exact) mass is 356 g/mol. The van der Waals surface area contributed by atoms with Gasteiger partial charge in [-0.3, -0.25) is 5.43 Å². The van der Waals surface area contributed by atoms with Crippen LogP contribution in [0.3, 0.4) is 0 Å². The van der Waals surface area contributed by atoms with Crippen LogP contribution in [0.2, 0.25) is 0 Å². The molecule has 24 heavy (non-hydrogen) atoms. The fraction of sp³-hybridized carbons (Fsp3) is 0.0556. The number of rotatable bonds is 5. The Labute approximate surface area is 145 Å². The maximum absolute atomic E-state index is 12.6. The number of aryl methyl sites for hydroxylation is 1. The van der Waals surface area contributed by atoms with E-state index in [1.807, 2.05) is 23.8 Å². The predicted octanol–water partition coefficient (Wildman–Crippen LogP) is 4.34. The van der Waals surface area contributed by atoms with Crippen LogP contribution in [0.1, 0.15) is 11.1 Å². The maximum Gasteiger partial charge on any atom is 0.206 e. The van der Waals surface area contributed by atoms with Gasteiger partial charge in [-0.15, -0.1) is 0 Å². The Hall–Kier alpha value is -2.44. The van der Waals surface area contributed by atoms with Crippen molar-refractivity contribution in [2.75, 3.05) is 5.43 Å². The minimum absolute atomic E-state index is 0.263. The van der Waals surface area contributed by atoms with Gasteiger partial charge in [-0.1, -0.05) is 17.7 Å². The van der Waals surface area contributed by atoms with Crippen LogP contribution in [-0.4, -0.2) is 14.6 Å². The molecule has 2 aromatic carbocycles. The number of hydrogen-bond acceptors (Lipinski definition) is 5. The fourth-order valence-corrected chi connectivity index (χ4v) is 3.96. The van der Waals surface area contributed by atoms with Gasteiger partial charge in [0.15, 0.2) is 0 Å². The van der Waals surface area contributed by atoms with E-state index in [2.05, 4.69) is 10.5 Å². The molecule has 0 bridgehead atoms. The SMILES string of the molecule is Cc1ccc(S(=O)(=O)c2ccc(N/N=C\c3ccsc3)cc2)cc1. The van der Waals surface area contributed by atoms with Crippen LogP contribution in [0.25, 0.3) is 0 Å². The minimum Gasteiger partial charge on any atom is -0.279 e. The van der Waals surface area contributed by atoms with E-state index in [0.717, 1.165) is 16.8 Å². The van der Waals surface area contributed by atoms with Crippen molar-refractivity contribution in [3.05, 3.63) is 76.5 Å². The molecule has 0 saturated heterocycles. The zero-order chi connectivity index (χ0) is 17.0. The second kappa shape index (κ2) is 6.98. The first-order valence-electron chi connectivity index (χ1n) is 7.29. The summed E-state index contributed by atoms with van der Waals surface area (Å²) in [5, 5.41) is 8.09. The highest BCUT2D eigenvalue weighted by atomic mass is 32.2. The summed E-state index contributed by atoms with van der Waals surface area (Å²) in [6.45, 7) is 1.92. The molecule has 0 saturated carbocycles. The summed E-state index contributed by atoms with van der Waals surface area (Å²) in [7, 11) is -3.49. The van der Waals surface area contributed by atoms with Gasteiger partial charge >= 0.3 is 0 Å². The molecule has 0 aliphatic carbocycles. The topological polar surface area (TPSA) is 58.5 Å². The minimum atomic E-state index is -3.49. The highest BCUT2D eigenvalue weighted by molar-refractivity contribution is 7.91. The molecule has 122 valence electrons. The zero-order valence-corrected chi connectivity index (χ0v) is 14.6. The molecular weight excluding hydrogens is 340 g/mol. The molecule has 1 aromatic heterocycles. The Morgan fingerprint density at radius 1 is 0.958 bits per heavy atom. The van der Waals surface area contributed by atoms with Crippen molar-refractivity contribution in [2.45, 2.75) is 16.7 Å². The molecule has 0 spiro atoms. The summed E-state index contributed by atoms with van der Waals surface area (Å²) in [5.41, 5.74) is 5.66. The molecule has 0 aliphatic heterocycles. The van der Waals surface area contributed by atoms with E-state index in [0.29, 0.717) is 4.90 Å². The van der Waals surface area contributed by atoms with E-state index >= 15 is 0 Å². The third-order valence-corrected chi connectivity index (χ3v) is 5.93. The van der Waals surface area contributed by atoms with Gasteiger partial charge in [-0.25, -0.2) is 8.42 Å². The molecular formula is C18H16N2O2S2. The quantitative estimate of drug-likeness (QED) is 0.547. The maximum atomic E-state index is 12.6. The molecule has 0 radical (unpaired) electrons. The molecule has 0 amide bonds. The zero-order valence-electron chi connectivity index (χ0n) is 13.0. The third kappa shape index (κ3) is 3.72. The Balaban J connectivity index is 1.75. The van der Waals surface area contributed by atoms with Crippen molar-refractivity contribution in [3.8, 4) is 0 Å². The standard InChI is InChI=1S/C18H16N2O2S2/c1-14-2-6-17(7-3-14)24(21,22)18-8-4-16(5-9-18)20-19-12-15-10-11-23-13-15/h2-13,20H,1H3/b19-12-. The molecule has 0 atom stereocenters. The number of hydrazone groups is 1. The lowest BCUT2D eigenvalue weighted by atomic mass is 10.2. The molecule has 4 nitrogen and oxygen atoms in total. The van der Waals surface area contributed by atoms with Gasteiger partial charge in [0.25, 0.3) is 0 Å². The van der Waals surface area contributed by atoms with Gasteiger partial charge in [0.2, 0.25) is 9.84 Å². The number of nitrogens with zero attached hydrogens (tertiary/aromatic N) is 1. The first-order valence-corrected chi connectivity index (χ1v) is 9.71. The van der Waals surface area contributed by atoms with Gasteiger partial charge in [0.05, 0.1) is 21.7 Å². The summed E-state index contributed by atoms with van der Waals surface area (Å²) < 4.78 is 25.2. The van der Waals surface area contributed by atoms with Crippen LogP contribution >= 0.6 is 11.3 Å². The largest absolute Gasteiger partial charge is 0.279 e. The molecule has 0 aliphatic rings. The summed E-state index contributed by atoms with van der Waals surface area (Å²) in [6, 6.07) is 15.4. The first kappa shape index (κ1) is 16.4. The van der Waals surface area contributed by atoms with E-state index < -0.39 is 9.84 Å². The van der Waals surface area contributed by atoms with E-state index in [1.54, 1.807) is 66.1 Å². The number of thiophene rings is 1. The van der Waals surface area contributed by atoms with Crippen molar-refractivity contribution in [2.24, 2.45) is 5.10 Å². The number of sulfone groups is 1. The van der Waals surface area contributed by atoms with E-state index in [-0.39, 0.29) is 4.90 Å². The van der Waals surface area contributed by atoms with Crippen molar-refractivity contribution < 1.29 is 8.42 Å². The summed E-state index contributed by atoms with van der Waals surface area (Å²) >= 11 is 1.60. The summed E-state index contributed by atoms with van der Waals surface area (Å²) in [5.74, 6) is 0. The van der Waals surface area contributed by atoms with Crippen molar-refractivity contribution >= 4 is 33.1 Å². The lowest BCUT2D eigenvalue weighted by Crippen LogP contribution is -2.02. The Morgan fingerprint density at radius 2 is 1.58 bits per heavy atom. The molecule has 3 rings (SSSR count). The summed E-state index contributed by atoms with van der Waals surface area (Å²) in [6.07, 6.45) is 1.72. The van der Waals surface area contributed by atoms with Gasteiger partial charge in [0.1, 0.15) is 0 Å². The second-order valence-electron chi connectivity index (χ2n) is 5.27. The Kier molecular flexibility index (Phi) is 4.78. The van der Waals surface area contributed by atoms with Crippen molar-refractivity contribution in [1.29, 1.82) is 0 Å². The smallest absolute Gasteiger partial charge is 0.206 e. The number of benzene rings is 2. The molecule has 3 aromatic rings. The lowest BCUT2D eigenvalue weighted by molar-refractivity contribution is 0.596. The first-order chi connectivity index (χ1) is 11.6. The van der Waals surface area contributed by atoms with E-state index in [4.69, 9.17) is 0 Å².